The third-order valence-electron chi connectivity index (χ3n) is 4.46. The van der Waals surface area contributed by atoms with Gasteiger partial charge in [0.2, 0.25) is 0 Å². The van der Waals surface area contributed by atoms with E-state index in [0.29, 0.717) is 16.8 Å². The number of benzene rings is 2. The van der Waals surface area contributed by atoms with Crippen molar-refractivity contribution in [3.8, 4) is 22.4 Å². The Kier molecular flexibility index (Phi) is 3.98. The second-order valence-electron chi connectivity index (χ2n) is 6.45. The van der Waals surface area contributed by atoms with Crippen molar-refractivity contribution in [1.29, 1.82) is 0 Å². The van der Waals surface area contributed by atoms with Crippen molar-refractivity contribution in [2.45, 2.75) is 20.0 Å². The molecule has 0 bridgehead atoms. The van der Waals surface area contributed by atoms with E-state index in [1.54, 1.807) is 19.1 Å². The molecule has 2 heterocycles. The van der Waals surface area contributed by atoms with Crippen molar-refractivity contribution in [2.75, 3.05) is 0 Å². The fourth-order valence-corrected chi connectivity index (χ4v) is 3.14. The minimum atomic E-state index is -4.55. The van der Waals surface area contributed by atoms with Crippen molar-refractivity contribution < 1.29 is 13.2 Å². The molecule has 0 N–H and O–H groups in total. The van der Waals surface area contributed by atoms with Crippen LogP contribution in [0.3, 0.4) is 0 Å². The molecule has 3 nitrogen and oxygen atoms in total. The van der Waals surface area contributed by atoms with Crippen LogP contribution in [-0.4, -0.2) is 14.6 Å². The third-order valence-corrected chi connectivity index (χ3v) is 4.46. The number of halogens is 3. The van der Waals surface area contributed by atoms with Gasteiger partial charge < -0.3 is 0 Å². The molecule has 0 unspecified atom stereocenters. The lowest BCUT2D eigenvalue weighted by Crippen LogP contribution is -2.13. The Balaban J connectivity index is 2.06. The Labute approximate surface area is 154 Å². The van der Waals surface area contributed by atoms with E-state index in [2.05, 4.69) is 10.1 Å². The van der Waals surface area contributed by atoms with Crippen LogP contribution in [0.4, 0.5) is 13.2 Å². The summed E-state index contributed by atoms with van der Waals surface area (Å²) < 4.78 is 42.1. The van der Waals surface area contributed by atoms with E-state index in [1.807, 2.05) is 49.4 Å². The average molecular weight is 367 g/mol. The lowest BCUT2D eigenvalue weighted by Gasteiger charge is -2.12. The second kappa shape index (κ2) is 6.23. The normalized spacial score (nSPS) is 11.9. The number of alkyl halides is 3. The van der Waals surface area contributed by atoms with Crippen LogP contribution in [0.25, 0.3) is 28.0 Å². The predicted octanol–water partition coefficient (Wildman–Crippen LogP) is 5.70. The zero-order valence-corrected chi connectivity index (χ0v) is 14.7. The van der Waals surface area contributed by atoms with Gasteiger partial charge in [0.25, 0.3) is 0 Å². The van der Waals surface area contributed by atoms with Crippen LogP contribution in [-0.2, 0) is 6.18 Å². The molecular formula is C21H16F3N3. The van der Waals surface area contributed by atoms with Crippen LogP contribution in [0.2, 0.25) is 0 Å². The van der Waals surface area contributed by atoms with E-state index in [9.17, 15) is 13.2 Å². The summed E-state index contributed by atoms with van der Waals surface area (Å²) in [6, 6.07) is 17.5. The van der Waals surface area contributed by atoms with Gasteiger partial charge in [0.15, 0.2) is 11.3 Å². The zero-order valence-electron chi connectivity index (χ0n) is 14.7. The Morgan fingerprint density at radius 3 is 2.15 bits per heavy atom. The molecular weight excluding hydrogens is 351 g/mol. The highest BCUT2D eigenvalue weighted by molar-refractivity contribution is 5.81. The lowest BCUT2D eigenvalue weighted by atomic mass is 10.1. The third kappa shape index (κ3) is 3.07. The summed E-state index contributed by atoms with van der Waals surface area (Å²) in [6.45, 7) is 3.62. The predicted molar refractivity (Wildman–Crippen MR) is 98.3 cm³/mol. The van der Waals surface area contributed by atoms with E-state index < -0.39 is 11.9 Å². The number of nitrogens with zero attached hydrogens (tertiary/aromatic N) is 3. The second-order valence-corrected chi connectivity index (χ2v) is 6.45. The summed E-state index contributed by atoms with van der Waals surface area (Å²) in [7, 11) is 0. The van der Waals surface area contributed by atoms with Gasteiger partial charge in [0, 0.05) is 11.1 Å². The lowest BCUT2D eigenvalue weighted by molar-refractivity contribution is -0.142. The molecule has 2 aromatic carbocycles. The molecule has 0 aliphatic heterocycles. The number of aromatic nitrogens is 3. The van der Waals surface area contributed by atoms with Gasteiger partial charge in [-0.15, -0.1) is 0 Å². The molecule has 27 heavy (non-hydrogen) atoms. The summed E-state index contributed by atoms with van der Waals surface area (Å²) in [6.07, 6.45) is -4.55. The maximum absolute atomic E-state index is 13.7. The van der Waals surface area contributed by atoms with Gasteiger partial charge in [-0.3, -0.25) is 0 Å². The highest BCUT2D eigenvalue weighted by atomic mass is 19.4. The van der Waals surface area contributed by atoms with E-state index in [4.69, 9.17) is 0 Å². The highest BCUT2D eigenvalue weighted by Crippen LogP contribution is 2.35. The molecule has 0 radical (unpaired) electrons. The first-order valence-corrected chi connectivity index (χ1v) is 8.44. The molecule has 0 aliphatic carbocycles. The zero-order chi connectivity index (χ0) is 19.2. The first-order chi connectivity index (χ1) is 12.8. The number of rotatable bonds is 2. The Morgan fingerprint density at radius 2 is 1.52 bits per heavy atom. The molecule has 0 amide bonds. The van der Waals surface area contributed by atoms with Crippen molar-refractivity contribution in [1.82, 2.24) is 14.6 Å². The highest BCUT2D eigenvalue weighted by Gasteiger charge is 2.36. The molecule has 4 rings (SSSR count). The van der Waals surface area contributed by atoms with Crippen LogP contribution < -0.4 is 0 Å². The van der Waals surface area contributed by atoms with Gasteiger partial charge >= 0.3 is 6.18 Å². The fraction of sp³-hybridized carbons (Fsp3) is 0.143. The van der Waals surface area contributed by atoms with Gasteiger partial charge in [-0.2, -0.15) is 18.3 Å². The fourth-order valence-electron chi connectivity index (χ4n) is 3.14. The van der Waals surface area contributed by atoms with E-state index in [1.165, 1.54) is 0 Å². The molecule has 0 atom stereocenters. The van der Waals surface area contributed by atoms with Crippen LogP contribution in [0, 0.1) is 13.8 Å². The summed E-state index contributed by atoms with van der Waals surface area (Å²) >= 11 is 0. The first-order valence-electron chi connectivity index (χ1n) is 8.44. The summed E-state index contributed by atoms with van der Waals surface area (Å²) in [4.78, 5) is 4.55. The smallest absolute Gasteiger partial charge is 0.228 e. The first kappa shape index (κ1) is 17.3. The van der Waals surface area contributed by atoms with Gasteiger partial charge in [0.1, 0.15) is 0 Å². The summed E-state index contributed by atoms with van der Waals surface area (Å²) in [5.41, 5.74) is 3.18. The minimum Gasteiger partial charge on any atom is -0.228 e. The molecule has 0 saturated heterocycles. The summed E-state index contributed by atoms with van der Waals surface area (Å²) in [5, 5.41) is 4.14. The van der Waals surface area contributed by atoms with Gasteiger partial charge in [-0.1, -0.05) is 60.2 Å². The Morgan fingerprint density at radius 1 is 0.852 bits per heavy atom. The molecule has 0 spiro atoms. The quantitative estimate of drug-likeness (QED) is 0.455. The Bertz CT molecular complexity index is 1110. The van der Waals surface area contributed by atoms with Gasteiger partial charge in [-0.25, -0.2) is 9.50 Å². The van der Waals surface area contributed by atoms with Crippen molar-refractivity contribution >= 4 is 5.65 Å². The van der Waals surface area contributed by atoms with Gasteiger partial charge in [-0.05, 0) is 25.5 Å². The van der Waals surface area contributed by atoms with Crippen LogP contribution >= 0.6 is 0 Å². The average Bonchev–Trinajstić information content (AvgIpc) is 2.97. The Hall–Kier alpha value is -3.15. The van der Waals surface area contributed by atoms with Crippen LogP contribution in [0.5, 0.6) is 0 Å². The van der Waals surface area contributed by atoms with Crippen molar-refractivity contribution in [3.05, 3.63) is 77.6 Å². The maximum atomic E-state index is 13.7. The summed E-state index contributed by atoms with van der Waals surface area (Å²) in [5.74, 6) is 0. The molecule has 0 aliphatic rings. The topological polar surface area (TPSA) is 30.2 Å². The number of fused-ring (bicyclic) bond motifs is 1. The molecule has 4 aromatic rings. The number of hydrogen-bond donors (Lipinski definition) is 0. The van der Waals surface area contributed by atoms with Crippen molar-refractivity contribution in [3.63, 3.8) is 0 Å². The molecule has 136 valence electrons. The van der Waals surface area contributed by atoms with Crippen LogP contribution in [0.1, 0.15) is 17.0 Å². The standard InChI is InChI=1S/C21H16F3N3/c1-13-8-10-15(11-9-13)17-12-18(21(22,23)24)27-20(25-17)19(14(2)26-27)16-6-4-3-5-7-16/h3-12H,1-2H3. The maximum Gasteiger partial charge on any atom is 0.433 e. The molecule has 0 saturated carbocycles. The number of hydrogen-bond acceptors (Lipinski definition) is 2. The number of aryl methyl sites for hydroxylation is 2. The van der Waals surface area contributed by atoms with E-state index in [0.717, 1.165) is 21.7 Å². The monoisotopic (exact) mass is 367 g/mol. The van der Waals surface area contributed by atoms with Crippen LogP contribution in [0.15, 0.2) is 60.7 Å². The molecule has 2 aromatic heterocycles. The van der Waals surface area contributed by atoms with Gasteiger partial charge in [0.05, 0.1) is 11.4 Å². The van der Waals surface area contributed by atoms with E-state index in [-0.39, 0.29) is 11.3 Å². The largest absolute Gasteiger partial charge is 0.433 e. The molecule has 0 fully saturated rings. The SMILES string of the molecule is Cc1ccc(-c2cc(C(F)(F)F)n3nc(C)c(-c4ccccc4)c3n2)cc1. The molecule has 6 heteroatoms. The van der Waals surface area contributed by atoms with E-state index >= 15 is 0 Å². The minimum absolute atomic E-state index is 0.198. The van der Waals surface area contributed by atoms with Crippen molar-refractivity contribution in [2.24, 2.45) is 0 Å².